The van der Waals surface area contributed by atoms with Gasteiger partial charge in [-0.15, -0.1) is 11.3 Å². The first-order valence-corrected chi connectivity index (χ1v) is 12.4. The van der Waals surface area contributed by atoms with E-state index in [2.05, 4.69) is 10.6 Å². The Hall–Kier alpha value is -1.45. The number of piperidine rings is 1. The van der Waals surface area contributed by atoms with Crippen LogP contribution >= 0.6 is 11.3 Å². The lowest BCUT2D eigenvalue weighted by Crippen LogP contribution is -2.47. The molecular weight excluding hydrogens is 398 g/mol. The molecule has 1 saturated carbocycles. The van der Waals surface area contributed by atoms with E-state index < -0.39 is 21.8 Å². The van der Waals surface area contributed by atoms with E-state index >= 15 is 0 Å². The Morgan fingerprint density at radius 1 is 1.07 bits per heavy atom. The molecule has 28 heavy (non-hydrogen) atoms. The first kappa shape index (κ1) is 21.3. The Labute approximate surface area is 170 Å². The number of rotatable bonds is 6. The van der Waals surface area contributed by atoms with Crippen LogP contribution in [0.5, 0.6) is 0 Å². The van der Waals surface area contributed by atoms with Crippen molar-refractivity contribution < 1.29 is 18.0 Å². The van der Waals surface area contributed by atoms with Crippen molar-refractivity contribution in [3.05, 3.63) is 17.5 Å². The average Bonchev–Trinajstić information content (AvgIpc) is 3.25. The minimum Gasteiger partial charge on any atom is -0.348 e. The lowest BCUT2D eigenvalue weighted by Gasteiger charge is -2.34. The molecule has 1 aromatic heterocycles. The van der Waals surface area contributed by atoms with E-state index in [4.69, 9.17) is 0 Å². The third kappa shape index (κ3) is 5.33. The Morgan fingerprint density at radius 2 is 1.82 bits per heavy atom. The molecule has 1 atom stereocenters. The molecule has 1 aliphatic heterocycles. The minimum atomic E-state index is -3.49. The van der Waals surface area contributed by atoms with Gasteiger partial charge in [0.15, 0.2) is 0 Å². The Morgan fingerprint density at radius 3 is 2.54 bits per heavy atom. The highest BCUT2D eigenvalue weighted by Gasteiger charge is 2.34. The zero-order valence-corrected chi connectivity index (χ0v) is 17.7. The number of sulfonamides is 1. The number of hydrogen-bond acceptors (Lipinski definition) is 5. The summed E-state index contributed by atoms with van der Waals surface area (Å²) < 4.78 is 27.7. The van der Waals surface area contributed by atoms with Crippen molar-refractivity contribution in [1.29, 1.82) is 0 Å². The van der Waals surface area contributed by atoms with Gasteiger partial charge in [0, 0.05) is 25.2 Å². The van der Waals surface area contributed by atoms with Crippen molar-refractivity contribution >= 4 is 33.2 Å². The molecule has 0 unspecified atom stereocenters. The molecule has 2 N–H and O–H groups in total. The van der Waals surface area contributed by atoms with Gasteiger partial charge < -0.3 is 10.6 Å². The van der Waals surface area contributed by atoms with Gasteiger partial charge in [0.1, 0.15) is 4.21 Å². The van der Waals surface area contributed by atoms with Crippen LogP contribution in [0.4, 0.5) is 0 Å². The third-order valence-corrected chi connectivity index (χ3v) is 8.87. The fraction of sp³-hybridized carbons (Fsp3) is 0.684. The van der Waals surface area contributed by atoms with Crippen LogP contribution in [-0.2, 0) is 19.6 Å². The summed E-state index contributed by atoms with van der Waals surface area (Å²) in [6.45, 7) is 0.791. The van der Waals surface area contributed by atoms with Gasteiger partial charge in [-0.25, -0.2) is 8.42 Å². The first-order valence-electron chi connectivity index (χ1n) is 10.1. The van der Waals surface area contributed by atoms with E-state index in [0.717, 1.165) is 44.9 Å². The van der Waals surface area contributed by atoms with Gasteiger partial charge in [-0.05, 0) is 43.6 Å². The Balaban J connectivity index is 1.49. The Kier molecular flexibility index (Phi) is 7.48. The molecule has 156 valence electrons. The largest absolute Gasteiger partial charge is 0.348 e. The molecule has 0 bridgehead atoms. The molecule has 1 saturated heterocycles. The normalized spacial score (nSPS) is 21.9. The molecule has 0 radical (unpaired) electrons. The molecule has 1 aliphatic carbocycles. The van der Waals surface area contributed by atoms with Gasteiger partial charge >= 0.3 is 11.8 Å². The zero-order valence-electron chi connectivity index (χ0n) is 16.1. The van der Waals surface area contributed by atoms with Crippen molar-refractivity contribution in [2.24, 2.45) is 0 Å². The van der Waals surface area contributed by atoms with Gasteiger partial charge in [-0.2, -0.15) is 4.31 Å². The van der Waals surface area contributed by atoms with Crippen molar-refractivity contribution in [2.45, 2.75) is 74.1 Å². The summed E-state index contributed by atoms with van der Waals surface area (Å²) >= 11 is 1.22. The van der Waals surface area contributed by atoms with E-state index in [1.54, 1.807) is 21.8 Å². The lowest BCUT2D eigenvalue weighted by molar-refractivity contribution is -0.139. The highest BCUT2D eigenvalue weighted by Crippen LogP contribution is 2.29. The summed E-state index contributed by atoms with van der Waals surface area (Å²) in [6.07, 6.45) is 8.31. The van der Waals surface area contributed by atoms with Crippen LogP contribution in [0.25, 0.3) is 0 Å². The number of carbonyl (C=O) groups is 2. The summed E-state index contributed by atoms with van der Waals surface area (Å²) in [4.78, 5) is 24.1. The first-order chi connectivity index (χ1) is 13.5. The lowest BCUT2D eigenvalue weighted by atomic mass is 9.95. The highest BCUT2D eigenvalue weighted by atomic mass is 32.2. The van der Waals surface area contributed by atoms with Crippen LogP contribution < -0.4 is 10.6 Å². The predicted molar refractivity (Wildman–Crippen MR) is 108 cm³/mol. The molecule has 2 amide bonds. The summed E-state index contributed by atoms with van der Waals surface area (Å²) in [5.41, 5.74) is 0. The molecule has 2 heterocycles. The summed E-state index contributed by atoms with van der Waals surface area (Å²) in [6, 6.07) is 3.31. The summed E-state index contributed by atoms with van der Waals surface area (Å²) in [7, 11) is -3.49. The van der Waals surface area contributed by atoms with Crippen LogP contribution in [0.3, 0.4) is 0 Å². The van der Waals surface area contributed by atoms with Gasteiger partial charge in [-0.1, -0.05) is 31.7 Å². The second-order valence-electron chi connectivity index (χ2n) is 7.55. The monoisotopic (exact) mass is 427 g/mol. The molecule has 0 spiro atoms. The maximum Gasteiger partial charge on any atom is 0.309 e. The van der Waals surface area contributed by atoms with E-state index in [0.29, 0.717) is 17.2 Å². The zero-order chi connectivity index (χ0) is 20.0. The number of nitrogens with one attached hydrogen (secondary N) is 2. The van der Waals surface area contributed by atoms with E-state index in [1.807, 2.05) is 0 Å². The minimum absolute atomic E-state index is 0.0942. The number of hydrogen-bond donors (Lipinski definition) is 2. The third-order valence-electron chi connectivity index (χ3n) is 5.54. The molecule has 2 aliphatic rings. The van der Waals surface area contributed by atoms with Gasteiger partial charge in [0.2, 0.25) is 0 Å². The highest BCUT2D eigenvalue weighted by molar-refractivity contribution is 7.91. The van der Waals surface area contributed by atoms with Crippen LogP contribution in [0.15, 0.2) is 21.7 Å². The molecule has 3 rings (SSSR count). The SMILES string of the molecule is O=C(NCC[C@H]1CCCCN1S(=O)(=O)c1cccs1)C(=O)NC1CCCCC1. The van der Waals surface area contributed by atoms with Crippen LogP contribution in [0.2, 0.25) is 0 Å². The van der Waals surface area contributed by atoms with Gasteiger partial charge in [0.25, 0.3) is 10.0 Å². The van der Waals surface area contributed by atoms with Crippen molar-refractivity contribution in [2.75, 3.05) is 13.1 Å². The van der Waals surface area contributed by atoms with E-state index in [-0.39, 0.29) is 18.6 Å². The number of thiophene rings is 1. The van der Waals surface area contributed by atoms with Gasteiger partial charge in [-0.3, -0.25) is 9.59 Å². The fourth-order valence-corrected chi connectivity index (χ4v) is 6.88. The van der Waals surface area contributed by atoms with Crippen LogP contribution in [-0.4, -0.2) is 49.7 Å². The quantitative estimate of drug-likeness (QED) is 0.681. The summed E-state index contributed by atoms with van der Waals surface area (Å²) in [5, 5.41) is 7.22. The van der Waals surface area contributed by atoms with Crippen molar-refractivity contribution in [1.82, 2.24) is 14.9 Å². The van der Waals surface area contributed by atoms with Crippen LogP contribution in [0, 0.1) is 0 Å². The van der Waals surface area contributed by atoms with E-state index in [1.165, 1.54) is 17.8 Å². The predicted octanol–water partition coefficient (Wildman–Crippen LogP) is 2.25. The standard InChI is InChI=1S/C19H29N3O4S2/c23-18(19(24)21-15-7-2-1-3-8-15)20-12-11-16-9-4-5-13-22(16)28(25,26)17-10-6-14-27-17/h6,10,14-16H,1-5,7-9,11-13H2,(H,20,23)(H,21,24)/t16-/m1/s1. The van der Waals surface area contributed by atoms with Crippen molar-refractivity contribution in [3.63, 3.8) is 0 Å². The van der Waals surface area contributed by atoms with Crippen molar-refractivity contribution in [3.8, 4) is 0 Å². The maximum absolute atomic E-state index is 12.9. The fourth-order valence-electron chi connectivity index (χ4n) is 4.04. The van der Waals surface area contributed by atoms with Gasteiger partial charge in [0.05, 0.1) is 0 Å². The molecule has 9 heteroatoms. The molecule has 1 aromatic rings. The average molecular weight is 428 g/mol. The molecule has 7 nitrogen and oxygen atoms in total. The van der Waals surface area contributed by atoms with E-state index in [9.17, 15) is 18.0 Å². The number of amides is 2. The second kappa shape index (κ2) is 9.84. The Bertz CT molecular complexity index is 758. The maximum atomic E-state index is 12.9. The topological polar surface area (TPSA) is 95.6 Å². The molecule has 0 aromatic carbocycles. The number of nitrogens with zero attached hydrogens (tertiary/aromatic N) is 1. The number of carbonyl (C=O) groups excluding carboxylic acids is 2. The molecule has 2 fully saturated rings. The second-order valence-corrected chi connectivity index (χ2v) is 10.6. The molecular formula is C19H29N3O4S2. The summed E-state index contributed by atoms with van der Waals surface area (Å²) in [5.74, 6) is -1.22. The van der Waals surface area contributed by atoms with Crippen LogP contribution in [0.1, 0.15) is 57.8 Å². The smallest absolute Gasteiger partial charge is 0.309 e.